The second kappa shape index (κ2) is 4.62. The van der Waals surface area contributed by atoms with Gasteiger partial charge in [-0.05, 0) is 12.2 Å². The van der Waals surface area contributed by atoms with Crippen LogP contribution in [0.5, 0.6) is 0 Å². The van der Waals surface area contributed by atoms with Gasteiger partial charge < -0.3 is 4.74 Å². The van der Waals surface area contributed by atoms with Gasteiger partial charge >= 0.3 is 0 Å². The Morgan fingerprint density at radius 3 is 2.54 bits per heavy atom. The Bertz CT molecular complexity index is 302. The Kier molecular flexibility index (Phi) is 3.46. The maximum absolute atomic E-state index is 10.4. The van der Waals surface area contributed by atoms with Gasteiger partial charge in [-0.3, -0.25) is 9.59 Å². The molecule has 0 saturated heterocycles. The molecule has 0 aromatic rings. The zero-order valence-electron chi connectivity index (χ0n) is 6.49. The van der Waals surface area contributed by atoms with Crippen molar-refractivity contribution in [3.05, 3.63) is 35.1 Å². The fraction of sp³-hybridized carbons (Fsp3) is 0.111. The SMILES string of the molecule is O=[C]/C(Cl)=C(\[C]=O)C1C=CC=CO1. The molecule has 0 aromatic heterocycles. The molecule has 1 aliphatic rings. The normalized spacial score (nSPS) is 21.8. The van der Waals surface area contributed by atoms with Crippen LogP contribution in [0.1, 0.15) is 0 Å². The van der Waals surface area contributed by atoms with E-state index < -0.39 is 6.10 Å². The molecule has 1 rings (SSSR count). The quantitative estimate of drug-likeness (QED) is 0.637. The molecule has 0 saturated carbocycles. The molecule has 1 aliphatic heterocycles. The highest BCUT2D eigenvalue weighted by Gasteiger charge is 2.17. The highest BCUT2D eigenvalue weighted by Crippen LogP contribution is 2.16. The minimum absolute atomic E-state index is 0.0442. The van der Waals surface area contributed by atoms with E-state index in [2.05, 4.69) is 0 Å². The van der Waals surface area contributed by atoms with Gasteiger partial charge in [0.05, 0.1) is 11.8 Å². The third-order valence-electron chi connectivity index (χ3n) is 1.42. The number of hydrogen-bond acceptors (Lipinski definition) is 3. The first-order valence-electron chi connectivity index (χ1n) is 3.44. The Morgan fingerprint density at radius 1 is 1.31 bits per heavy atom. The highest BCUT2D eigenvalue weighted by atomic mass is 35.5. The summed E-state index contributed by atoms with van der Waals surface area (Å²) in [6.07, 6.45) is 8.63. The van der Waals surface area contributed by atoms with E-state index in [0.717, 1.165) is 0 Å². The Balaban J connectivity index is 2.90. The zero-order chi connectivity index (χ0) is 9.68. The summed E-state index contributed by atoms with van der Waals surface area (Å²) in [5.41, 5.74) is -0.0442. The summed E-state index contributed by atoms with van der Waals surface area (Å²) in [6, 6.07) is 0. The number of halogens is 1. The van der Waals surface area contributed by atoms with E-state index >= 15 is 0 Å². The van der Waals surface area contributed by atoms with Crippen molar-refractivity contribution >= 4 is 24.2 Å². The van der Waals surface area contributed by atoms with Crippen LogP contribution in [0.4, 0.5) is 0 Å². The third kappa shape index (κ3) is 2.29. The maximum atomic E-state index is 10.4. The van der Waals surface area contributed by atoms with Crippen LogP contribution in [0.2, 0.25) is 0 Å². The van der Waals surface area contributed by atoms with E-state index in [4.69, 9.17) is 16.3 Å². The molecule has 0 fully saturated rings. The molecule has 0 bridgehead atoms. The predicted molar refractivity (Wildman–Crippen MR) is 47.4 cm³/mol. The molecule has 0 spiro atoms. The van der Waals surface area contributed by atoms with E-state index in [1.807, 2.05) is 0 Å². The van der Waals surface area contributed by atoms with Crippen LogP contribution in [0.25, 0.3) is 0 Å². The van der Waals surface area contributed by atoms with Gasteiger partial charge in [0, 0.05) is 0 Å². The number of rotatable bonds is 3. The van der Waals surface area contributed by atoms with Crippen LogP contribution < -0.4 is 0 Å². The first kappa shape index (κ1) is 9.74. The minimum atomic E-state index is -0.642. The lowest BCUT2D eigenvalue weighted by Gasteiger charge is -2.13. The van der Waals surface area contributed by atoms with Crippen molar-refractivity contribution in [3.63, 3.8) is 0 Å². The first-order valence-corrected chi connectivity index (χ1v) is 3.82. The number of ether oxygens (including phenoxy) is 1. The Labute approximate surface area is 80.3 Å². The van der Waals surface area contributed by atoms with Crippen molar-refractivity contribution < 1.29 is 14.3 Å². The monoisotopic (exact) mass is 196 g/mol. The molecule has 0 amide bonds. The lowest BCUT2D eigenvalue weighted by Crippen LogP contribution is -2.14. The van der Waals surface area contributed by atoms with Crippen molar-refractivity contribution in [2.75, 3.05) is 0 Å². The van der Waals surface area contributed by atoms with Gasteiger partial charge in [-0.1, -0.05) is 17.7 Å². The summed E-state index contributed by atoms with van der Waals surface area (Å²) >= 11 is 5.42. The topological polar surface area (TPSA) is 43.4 Å². The molecule has 1 heterocycles. The predicted octanol–water partition coefficient (Wildman–Crippen LogP) is 1.17. The summed E-state index contributed by atoms with van der Waals surface area (Å²) in [6.45, 7) is 0. The second-order valence-corrected chi connectivity index (χ2v) is 2.58. The van der Waals surface area contributed by atoms with Crippen molar-refractivity contribution in [2.24, 2.45) is 0 Å². The summed E-state index contributed by atoms with van der Waals surface area (Å²) in [4.78, 5) is 20.6. The highest BCUT2D eigenvalue weighted by molar-refractivity contribution is 6.40. The van der Waals surface area contributed by atoms with Crippen LogP contribution in [0, 0.1) is 0 Å². The molecule has 1 atom stereocenters. The van der Waals surface area contributed by atoms with E-state index in [1.165, 1.54) is 12.5 Å². The van der Waals surface area contributed by atoms with Gasteiger partial charge in [0.15, 0.2) is 0 Å². The van der Waals surface area contributed by atoms with Crippen LogP contribution in [0.3, 0.4) is 0 Å². The zero-order valence-corrected chi connectivity index (χ0v) is 7.25. The van der Waals surface area contributed by atoms with E-state index in [-0.39, 0.29) is 10.6 Å². The average Bonchev–Trinajstić information content (AvgIpc) is 2.20. The average molecular weight is 197 g/mol. The summed E-state index contributed by atoms with van der Waals surface area (Å²) in [5.74, 6) is 0. The van der Waals surface area contributed by atoms with Crippen molar-refractivity contribution in [1.82, 2.24) is 0 Å². The second-order valence-electron chi connectivity index (χ2n) is 2.20. The molecular weight excluding hydrogens is 192 g/mol. The van der Waals surface area contributed by atoms with E-state index in [9.17, 15) is 9.59 Å². The number of allylic oxidation sites excluding steroid dienone is 3. The van der Waals surface area contributed by atoms with Crippen molar-refractivity contribution in [3.8, 4) is 0 Å². The third-order valence-corrected chi connectivity index (χ3v) is 1.70. The van der Waals surface area contributed by atoms with E-state index in [1.54, 1.807) is 24.5 Å². The molecule has 2 radical (unpaired) electrons. The molecule has 3 nitrogen and oxygen atoms in total. The van der Waals surface area contributed by atoms with Gasteiger partial charge in [-0.15, -0.1) is 0 Å². The summed E-state index contributed by atoms with van der Waals surface area (Å²) in [7, 11) is 0. The van der Waals surface area contributed by atoms with Crippen LogP contribution in [-0.2, 0) is 14.3 Å². The first-order chi connectivity index (χ1) is 6.29. The molecule has 66 valence electrons. The van der Waals surface area contributed by atoms with E-state index in [0.29, 0.717) is 0 Å². The molecule has 0 aliphatic carbocycles. The Morgan fingerprint density at radius 2 is 2.08 bits per heavy atom. The van der Waals surface area contributed by atoms with Crippen molar-refractivity contribution in [2.45, 2.75) is 6.10 Å². The van der Waals surface area contributed by atoms with Crippen molar-refractivity contribution in [1.29, 1.82) is 0 Å². The fourth-order valence-corrected chi connectivity index (χ4v) is 0.979. The molecule has 4 heteroatoms. The molecule has 0 aromatic carbocycles. The largest absolute Gasteiger partial charge is 0.489 e. The fourth-order valence-electron chi connectivity index (χ4n) is 0.833. The van der Waals surface area contributed by atoms with Gasteiger partial charge in [-0.2, -0.15) is 0 Å². The maximum Gasteiger partial charge on any atom is 0.246 e. The minimum Gasteiger partial charge on any atom is -0.489 e. The number of carbonyl (C=O) groups excluding carboxylic acids is 2. The van der Waals surface area contributed by atoms with Gasteiger partial charge in [0.2, 0.25) is 12.6 Å². The van der Waals surface area contributed by atoms with Gasteiger partial charge in [-0.25, -0.2) is 0 Å². The summed E-state index contributed by atoms with van der Waals surface area (Å²) in [5, 5.41) is -0.306. The molecular formula is C9H5ClO3. The molecule has 1 unspecified atom stereocenters. The smallest absolute Gasteiger partial charge is 0.246 e. The van der Waals surface area contributed by atoms with Gasteiger partial charge in [0.25, 0.3) is 0 Å². The lowest BCUT2D eigenvalue weighted by atomic mass is 10.1. The van der Waals surface area contributed by atoms with Gasteiger partial charge in [0.1, 0.15) is 11.1 Å². The standard InChI is InChI=1S/C9H5ClO3/c10-8(6-12)7(5-11)9-3-1-2-4-13-9/h1-4,9H/b8-7-. The van der Waals surface area contributed by atoms with Crippen LogP contribution in [0.15, 0.2) is 35.1 Å². The molecule has 0 N–H and O–H groups in total. The lowest BCUT2D eigenvalue weighted by molar-refractivity contribution is 0.218. The summed E-state index contributed by atoms with van der Waals surface area (Å²) < 4.78 is 5.00. The van der Waals surface area contributed by atoms with Crippen LogP contribution >= 0.6 is 11.6 Å². The van der Waals surface area contributed by atoms with Crippen LogP contribution in [-0.4, -0.2) is 18.7 Å². The number of hydrogen-bond donors (Lipinski definition) is 0. The Hall–Kier alpha value is -1.35. The molecule has 13 heavy (non-hydrogen) atoms.